The van der Waals surface area contributed by atoms with Crippen LogP contribution in [0.15, 0.2) is 24.3 Å². The number of hydrogen-bond acceptors (Lipinski definition) is 6. The molecule has 1 aromatic rings. The molecule has 0 saturated heterocycles. The lowest BCUT2D eigenvalue weighted by Crippen LogP contribution is -2.42. The normalized spacial score (nSPS) is 12.8. The van der Waals surface area contributed by atoms with Gasteiger partial charge in [-0.3, -0.25) is 19.7 Å². The number of carbonyl (C=O) groups is 3. The van der Waals surface area contributed by atoms with Crippen molar-refractivity contribution in [1.29, 1.82) is 0 Å². The van der Waals surface area contributed by atoms with Gasteiger partial charge in [0.05, 0.1) is 17.4 Å². The molecule has 0 saturated carbocycles. The van der Waals surface area contributed by atoms with Crippen LogP contribution in [0.2, 0.25) is 0 Å². The van der Waals surface area contributed by atoms with Crippen LogP contribution >= 0.6 is 0 Å². The Bertz CT molecular complexity index is 644. The van der Waals surface area contributed by atoms with E-state index in [1.807, 2.05) is 0 Å². The number of carboxylic acids is 1. The Morgan fingerprint density at radius 1 is 1.38 bits per heavy atom. The monoisotopic (exact) mass is 338 g/mol. The number of nitrogens with zero attached hydrogens (tertiary/aromatic N) is 1. The molecule has 0 heterocycles. The molecular weight excluding hydrogens is 320 g/mol. The van der Waals surface area contributed by atoms with Gasteiger partial charge in [-0.15, -0.1) is 0 Å². The number of nitrogens with one attached hydrogen (secondary N) is 1. The van der Waals surface area contributed by atoms with Gasteiger partial charge in [0.1, 0.15) is 6.04 Å². The number of carboxylic acid groups (broad SMARTS) is 1. The van der Waals surface area contributed by atoms with Gasteiger partial charge >= 0.3 is 11.9 Å². The first-order chi connectivity index (χ1) is 11.3. The average Bonchev–Trinajstić information content (AvgIpc) is 2.54. The van der Waals surface area contributed by atoms with Crippen LogP contribution in [0.4, 0.5) is 5.69 Å². The number of esters is 1. The van der Waals surface area contributed by atoms with Gasteiger partial charge < -0.3 is 15.2 Å². The summed E-state index contributed by atoms with van der Waals surface area (Å²) in [6.07, 6.45) is -0.158. The second kappa shape index (κ2) is 8.61. The maximum absolute atomic E-state index is 12.1. The molecule has 130 valence electrons. The highest BCUT2D eigenvalue weighted by Crippen LogP contribution is 2.14. The number of aliphatic carboxylic acids is 1. The van der Waals surface area contributed by atoms with E-state index in [0.29, 0.717) is 0 Å². The van der Waals surface area contributed by atoms with E-state index in [0.717, 1.165) is 6.07 Å². The van der Waals surface area contributed by atoms with Crippen LogP contribution in [0.3, 0.4) is 0 Å². The average molecular weight is 338 g/mol. The molecule has 0 aliphatic carbocycles. The third-order valence-electron chi connectivity index (χ3n) is 3.20. The molecule has 9 nitrogen and oxygen atoms in total. The van der Waals surface area contributed by atoms with Crippen LogP contribution in [0, 0.1) is 16.0 Å². The highest BCUT2D eigenvalue weighted by atomic mass is 16.6. The Labute approximate surface area is 137 Å². The number of hydrogen-bond donors (Lipinski definition) is 2. The summed E-state index contributed by atoms with van der Waals surface area (Å²) >= 11 is 0. The Kier molecular flexibility index (Phi) is 6.84. The van der Waals surface area contributed by atoms with E-state index in [9.17, 15) is 29.6 Å². The molecule has 2 N–H and O–H groups in total. The minimum Gasteiger partial charge on any atom is -0.480 e. The van der Waals surface area contributed by atoms with Gasteiger partial charge in [0.25, 0.3) is 11.6 Å². The van der Waals surface area contributed by atoms with Crippen molar-refractivity contribution in [1.82, 2.24) is 5.32 Å². The van der Waals surface area contributed by atoms with Crippen molar-refractivity contribution < 1.29 is 29.2 Å². The Hall–Kier alpha value is -2.97. The van der Waals surface area contributed by atoms with E-state index >= 15 is 0 Å². The molecule has 0 fully saturated rings. The third-order valence-corrected chi connectivity index (χ3v) is 3.20. The molecule has 1 rings (SSSR count). The van der Waals surface area contributed by atoms with E-state index in [1.54, 1.807) is 6.92 Å². The van der Waals surface area contributed by atoms with Crippen LogP contribution in [0.1, 0.15) is 30.6 Å². The highest BCUT2D eigenvalue weighted by Gasteiger charge is 2.27. The van der Waals surface area contributed by atoms with Crippen molar-refractivity contribution in [2.75, 3.05) is 6.61 Å². The van der Waals surface area contributed by atoms with Gasteiger partial charge in [0.2, 0.25) is 0 Å². The number of benzene rings is 1. The third kappa shape index (κ3) is 5.34. The molecule has 1 amide bonds. The maximum Gasteiger partial charge on any atom is 0.326 e. The molecule has 0 aliphatic rings. The zero-order valence-electron chi connectivity index (χ0n) is 13.2. The largest absolute Gasteiger partial charge is 0.480 e. The number of nitro benzene ring substituents is 1. The number of carbonyl (C=O) groups excluding carboxylic acids is 2. The molecule has 0 aliphatic heterocycles. The molecular formula is C15H18N2O7. The zero-order valence-corrected chi connectivity index (χ0v) is 13.2. The Morgan fingerprint density at radius 3 is 2.58 bits per heavy atom. The van der Waals surface area contributed by atoms with Gasteiger partial charge in [-0.1, -0.05) is 13.0 Å². The van der Waals surface area contributed by atoms with Crippen LogP contribution in [-0.2, 0) is 14.3 Å². The predicted octanol–water partition coefficient (Wildman–Crippen LogP) is 1.37. The molecule has 0 spiro atoms. The second-order valence-electron chi connectivity index (χ2n) is 5.06. The first kappa shape index (κ1) is 19.1. The van der Waals surface area contributed by atoms with E-state index in [1.165, 1.54) is 25.1 Å². The fourth-order valence-corrected chi connectivity index (χ4v) is 1.96. The Balaban J connectivity index is 2.83. The van der Waals surface area contributed by atoms with Crippen molar-refractivity contribution in [2.24, 2.45) is 5.92 Å². The van der Waals surface area contributed by atoms with Crippen molar-refractivity contribution in [3.8, 4) is 0 Å². The summed E-state index contributed by atoms with van der Waals surface area (Å²) in [5.41, 5.74) is -0.325. The van der Waals surface area contributed by atoms with E-state index < -0.39 is 34.7 Å². The smallest absolute Gasteiger partial charge is 0.326 e. The van der Waals surface area contributed by atoms with E-state index in [4.69, 9.17) is 4.74 Å². The standard InChI is InChI=1S/C15H18N2O7/c1-3-24-15(21)9(2)7-12(14(19)20)16-13(18)10-5-4-6-11(8-10)17(22)23/h4-6,8-9,12H,3,7H2,1-2H3,(H,16,18)(H,19,20)/t9-,12+/m1/s1. The number of amides is 1. The summed E-state index contributed by atoms with van der Waals surface area (Å²) in [6, 6.07) is 3.59. The molecule has 0 bridgehead atoms. The number of ether oxygens (including phenoxy) is 1. The van der Waals surface area contributed by atoms with Gasteiger partial charge in [-0.05, 0) is 19.4 Å². The molecule has 2 atom stereocenters. The first-order valence-electron chi connectivity index (χ1n) is 7.21. The number of non-ortho nitro benzene ring substituents is 1. The van der Waals surface area contributed by atoms with Gasteiger partial charge in [0.15, 0.2) is 0 Å². The van der Waals surface area contributed by atoms with Gasteiger partial charge in [-0.2, -0.15) is 0 Å². The highest BCUT2D eigenvalue weighted by molar-refractivity contribution is 5.97. The van der Waals surface area contributed by atoms with E-state index in [-0.39, 0.29) is 24.3 Å². The lowest BCUT2D eigenvalue weighted by Gasteiger charge is -2.18. The summed E-state index contributed by atoms with van der Waals surface area (Å²) in [4.78, 5) is 45.0. The predicted molar refractivity (Wildman–Crippen MR) is 82.4 cm³/mol. The topological polar surface area (TPSA) is 136 Å². The van der Waals surface area contributed by atoms with Crippen molar-refractivity contribution in [2.45, 2.75) is 26.3 Å². The molecule has 0 unspecified atom stereocenters. The molecule has 1 aromatic carbocycles. The minimum atomic E-state index is -1.32. The van der Waals surface area contributed by atoms with Gasteiger partial charge in [0, 0.05) is 17.7 Å². The lowest BCUT2D eigenvalue weighted by molar-refractivity contribution is -0.384. The first-order valence-corrected chi connectivity index (χ1v) is 7.21. The van der Waals surface area contributed by atoms with Crippen LogP contribution < -0.4 is 5.32 Å². The molecule has 0 radical (unpaired) electrons. The number of rotatable bonds is 8. The number of nitro groups is 1. The van der Waals surface area contributed by atoms with Crippen LogP contribution in [0.25, 0.3) is 0 Å². The fourth-order valence-electron chi connectivity index (χ4n) is 1.96. The van der Waals surface area contributed by atoms with E-state index in [2.05, 4.69) is 5.32 Å². The zero-order chi connectivity index (χ0) is 18.3. The van der Waals surface area contributed by atoms with Gasteiger partial charge in [-0.25, -0.2) is 4.79 Å². The van der Waals surface area contributed by atoms with Crippen LogP contribution in [0.5, 0.6) is 0 Å². The quantitative estimate of drug-likeness (QED) is 0.415. The van der Waals surface area contributed by atoms with Crippen molar-refractivity contribution >= 4 is 23.5 Å². The summed E-state index contributed by atoms with van der Waals surface area (Å²) in [5, 5.41) is 22.2. The Morgan fingerprint density at radius 2 is 2.04 bits per heavy atom. The fraction of sp³-hybridized carbons (Fsp3) is 0.400. The summed E-state index contributed by atoms with van der Waals surface area (Å²) in [7, 11) is 0. The molecule has 24 heavy (non-hydrogen) atoms. The minimum absolute atomic E-state index is 0.0424. The molecule has 0 aromatic heterocycles. The second-order valence-corrected chi connectivity index (χ2v) is 5.06. The summed E-state index contributed by atoms with van der Waals surface area (Å²) < 4.78 is 4.80. The van der Waals surface area contributed by atoms with Crippen molar-refractivity contribution in [3.05, 3.63) is 39.9 Å². The summed E-state index contributed by atoms with van der Waals surface area (Å²) in [6.45, 7) is 3.29. The molecule has 9 heteroatoms. The lowest BCUT2D eigenvalue weighted by atomic mass is 10.0. The van der Waals surface area contributed by atoms with Crippen molar-refractivity contribution in [3.63, 3.8) is 0 Å². The van der Waals surface area contributed by atoms with Crippen LogP contribution in [-0.4, -0.2) is 40.5 Å². The summed E-state index contributed by atoms with van der Waals surface area (Å²) in [5.74, 6) is -3.38. The maximum atomic E-state index is 12.1. The SMILES string of the molecule is CCOC(=O)[C@H](C)C[C@H](NC(=O)c1cccc([N+](=O)[O-])c1)C(=O)O.